The lowest BCUT2D eigenvalue weighted by Crippen LogP contribution is -1.84. The summed E-state index contributed by atoms with van der Waals surface area (Å²) in [4.78, 5) is 0. The van der Waals surface area contributed by atoms with Gasteiger partial charge in [0, 0.05) is 9.52 Å². The van der Waals surface area contributed by atoms with Gasteiger partial charge in [0.25, 0.3) is 0 Å². The fourth-order valence-electron chi connectivity index (χ4n) is 0.0625. The SMILES string of the molecule is [Si+]C[Si]C[Si-]. The second kappa shape index (κ2) is 4.65. The van der Waals surface area contributed by atoms with Gasteiger partial charge in [-0.1, -0.05) is 0 Å². The minimum Gasteiger partial charge on any atom is -0.677 e. The molecule has 0 aromatic carbocycles. The van der Waals surface area contributed by atoms with Crippen LogP contribution in [0.2, 0.25) is 11.3 Å². The van der Waals surface area contributed by atoms with Gasteiger partial charge in [-0.2, -0.15) is 0 Å². The Labute approximate surface area is 42.0 Å². The summed E-state index contributed by atoms with van der Waals surface area (Å²) in [5, 5.41) is 0. The molecule has 0 saturated carbocycles. The van der Waals surface area contributed by atoms with Gasteiger partial charge in [-0.05, 0) is 0 Å². The molecule has 0 atom stereocenters. The molecule has 0 bridgehead atoms. The van der Waals surface area contributed by atoms with E-state index in [4.69, 9.17) is 0 Å². The van der Waals surface area contributed by atoms with Crippen molar-refractivity contribution in [2.75, 3.05) is 0 Å². The van der Waals surface area contributed by atoms with Crippen molar-refractivity contribution in [2.45, 2.75) is 11.3 Å². The molecule has 0 heterocycles. The van der Waals surface area contributed by atoms with E-state index in [0.717, 1.165) is 20.9 Å². The summed E-state index contributed by atoms with van der Waals surface area (Å²) in [5.41, 5.74) is 2.26. The quantitative estimate of drug-likeness (QED) is 0.433. The molecule has 0 rings (SSSR count). The Morgan fingerprint density at radius 3 is 2.40 bits per heavy atom. The molecular weight excluding hydrogens is 108 g/mol. The largest absolute Gasteiger partial charge is 0.699 e. The van der Waals surface area contributed by atoms with E-state index in [2.05, 4.69) is 20.5 Å². The van der Waals surface area contributed by atoms with Crippen LogP contribution < -0.4 is 0 Å². The van der Waals surface area contributed by atoms with Crippen molar-refractivity contribution in [3.05, 3.63) is 0 Å². The van der Waals surface area contributed by atoms with Crippen LogP contribution in [-0.2, 0) is 0 Å². The van der Waals surface area contributed by atoms with Crippen LogP contribution in [-0.4, -0.2) is 30.0 Å². The van der Waals surface area contributed by atoms with Gasteiger partial charge in [-0.25, -0.2) is 0 Å². The van der Waals surface area contributed by atoms with Crippen molar-refractivity contribution in [1.82, 2.24) is 0 Å². The number of hydrogen-bond acceptors (Lipinski definition) is 0. The van der Waals surface area contributed by atoms with Crippen molar-refractivity contribution in [1.29, 1.82) is 0 Å². The number of hydrogen-bond donors (Lipinski definition) is 0. The Kier molecular flexibility index (Phi) is 5.26. The molecule has 0 spiro atoms. The molecule has 6 radical (unpaired) electrons. The highest BCUT2D eigenvalue weighted by molar-refractivity contribution is 6.54. The molecular formula is C2H4Si3. The van der Waals surface area contributed by atoms with E-state index in [1.807, 2.05) is 0 Å². The molecule has 0 N–H and O–H groups in total. The Balaban J connectivity index is 2.19. The first-order chi connectivity index (χ1) is 2.41. The maximum atomic E-state index is 3.33. The lowest BCUT2D eigenvalue weighted by Gasteiger charge is -1.87. The zero-order chi connectivity index (χ0) is 4.12. The van der Waals surface area contributed by atoms with Gasteiger partial charge in [0.2, 0.25) is 0 Å². The molecule has 5 heavy (non-hydrogen) atoms. The monoisotopic (exact) mass is 112 g/mol. The lowest BCUT2D eigenvalue weighted by molar-refractivity contribution is 1.91. The van der Waals surface area contributed by atoms with Gasteiger partial charge in [-0.3, -0.25) is 5.67 Å². The van der Waals surface area contributed by atoms with Crippen molar-refractivity contribution < 1.29 is 0 Å². The van der Waals surface area contributed by atoms with Crippen molar-refractivity contribution in [3.8, 4) is 0 Å². The molecule has 0 unspecified atom stereocenters. The van der Waals surface area contributed by atoms with Crippen LogP contribution in [0.5, 0.6) is 0 Å². The highest BCUT2D eigenvalue weighted by Crippen LogP contribution is 1.68. The van der Waals surface area contributed by atoms with Crippen LogP contribution in [0.15, 0.2) is 0 Å². The predicted molar refractivity (Wildman–Crippen MR) is 26.9 cm³/mol. The van der Waals surface area contributed by atoms with E-state index >= 15 is 0 Å². The summed E-state index contributed by atoms with van der Waals surface area (Å²) in [7, 11) is 7.69. The van der Waals surface area contributed by atoms with E-state index in [-0.39, 0.29) is 0 Å². The zero-order valence-electron chi connectivity index (χ0n) is 2.91. The van der Waals surface area contributed by atoms with Crippen LogP contribution >= 0.6 is 0 Å². The normalized spacial score (nSPS) is 8.20. The van der Waals surface area contributed by atoms with Crippen LogP contribution in [0.25, 0.3) is 0 Å². The molecule has 3 heteroatoms. The highest BCUT2D eigenvalue weighted by Gasteiger charge is 1.83. The van der Waals surface area contributed by atoms with Gasteiger partial charge >= 0.3 is 10.2 Å². The van der Waals surface area contributed by atoms with Crippen LogP contribution in [0, 0.1) is 0 Å². The molecule has 0 aliphatic rings. The van der Waals surface area contributed by atoms with E-state index in [1.54, 1.807) is 0 Å². The second-order valence-corrected chi connectivity index (χ2v) is 3.93. The van der Waals surface area contributed by atoms with E-state index in [0.29, 0.717) is 0 Å². The molecule has 0 nitrogen and oxygen atoms in total. The van der Waals surface area contributed by atoms with Gasteiger partial charge in [0.05, 0.1) is 0 Å². The Hall–Kier alpha value is 0.651. The third-order valence-electron chi connectivity index (χ3n) is 0.250. The Morgan fingerprint density at radius 2 is 2.40 bits per heavy atom. The molecule has 0 aromatic rings. The average Bonchev–Trinajstić information content (AvgIpc) is 1.41. The molecule has 24 valence electrons. The summed E-state index contributed by atoms with van der Waals surface area (Å²) >= 11 is 0. The van der Waals surface area contributed by atoms with E-state index < -0.39 is 0 Å². The highest BCUT2D eigenvalue weighted by atomic mass is 28.3. The topological polar surface area (TPSA) is 0 Å². The lowest BCUT2D eigenvalue weighted by atomic mass is 11.8. The molecule has 0 fully saturated rings. The molecule has 0 aromatic heterocycles. The van der Waals surface area contributed by atoms with E-state index in [9.17, 15) is 0 Å². The van der Waals surface area contributed by atoms with Crippen molar-refractivity contribution in [2.24, 2.45) is 0 Å². The summed E-state index contributed by atoms with van der Waals surface area (Å²) in [5.74, 6) is 0. The second-order valence-electron chi connectivity index (χ2n) is 0.604. The van der Waals surface area contributed by atoms with Gasteiger partial charge in [-0.15, -0.1) is 0 Å². The predicted octanol–water partition coefficient (Wildman–Crippen LogP) is -0.221. The van der Waals surface area contributed by atoms with Crippen molar-refractivity contribution >= 4 is 30.0 Å². The zero-order valence-corrected chi connectivity index (χ0v) is 5.91. The first kappa shape index (κ1) is 5.65. The fraction of sp³-hybridized carbons (Fsp3) is 1.00. The van der Waals surface area contributed by atoms with Gasteiger partial charge in [0.15, 0.2) is 0 Å². The first-order valence-electron chi connectivity index (χ1n) is 1.41. The van der Waals surface area contributed by atoms with E-state index in [1.165, 1.54) is 0 Å². The smallest absolute Gasteiger partial charge is 0.677 e. The maximum Gasteiger partial charge on any atom is 0.699 e. The van der Waals surface area contributed by atoms with Crippen molar-refractivity contribution in [3.63, 3.8) is 0 Å². The first-order valence-corrected chi connectivity index (χ1v) is 4.24. The third-order valence-corrected chi connectivity index (χ3v) is 2.25. The molecule has 0 saturated heterocycles. The minimum absolute atomic E-state index is 1.02. The van der Waals surface area contributed by atoms with Crippen LogP contribution in [0.3, 0.4) is 0 Å². The van der Waals surface area contributed by atoms with Gasteiger partial charge < -0.3 is 10.2 Å². The Morgan fingerprint density at radius 1 is 1.80 bits per heavy atom. The molecule has 0 aliphatic carbocycles. The third kappa shape index (κ3) is 4.65. The average molecular weight is 112 g/mol. The summed E-state index contributed by atoms with van der Waals surface area (Å²) in [6.45, 7) is 0. The standard InChI is InChI=1S/C2H4Si3/c3-1-5-2-4/h1-2H2. The molecule has 0 amide bonds. The van der Waals surface area contributed by atoms with Crippen LogP contribution in [0.4, 0.5) is 0 Å². The summed E-state index contributed by atoms with van der Waals surface area (Å²) < 4.78 is 0. The minimum atomic E-state index is 1.02. The fourth-order valence-corrected chi connectivity index (χ4v) is 1.69. The Bertz CT molecular complexity index is 12.4. The molecule has 0 aliphatic heterocycles. The van der Waals surface area contributed by atoms with Gasteiger partial charge in [0.1, 0.15) is 5.67 Å². The van der Waals surface area contributed by atoms with Crippen LogP contribution in [0.1, 0.15) is 0 Å². The summed E-state index contributed by atoms with van der Waals surface area (Å²) in [6.07, 6.45) is 0. The maximum absolute atomic E-state index is 3.33. The summed E-state index contributed by atoms with van der Waals surface area (Å²) in [6, 6.07) is 0. The number of rotatable bonds is 2.